The largest absolute Gasteiger partial charge is 0.340 e. The van der Waals surface area contributed by atoms with Crippen molar-refractivity contribution in [2.45, 2.75) is 26.3 Å². The highest BCUT2D eigenvalue weighted by atomic mass is 16.2. The molecule has 0 aliphatic carbocycles. The maximum Gasteiger partial charge on any atom is 0.223 e. The first-order valence-corrected chi connectivity index (χ1v) is 4.45. The third kappa shape index (κ3) is 2.36. The smallest absolute Gasteiger partial charge is 0.223 e. The van der Waals surface area contributed by atoms with E-state index < -0.39 is 0 Å². The maximum atomic E-state index is 11.4. The van der Waals surface area contributed by atoms with Crippen molar-refractivity contribution in [2.24, 2.45) is 11.0 Å². The summed E-state index contributed by atoms with van der Waals surface area (Å²) in [6.07, 6.45) is 0.525. The average molecular weight is 182 g/mol. The van der Waals surface area contributed by atoms with Crippen LogP contribution in [0.15, 0.2) is 5.11 Å². The van der Waals surface area contributed by atoms with Gasteiger partial charge in [0.25, 0.3) is 0 Å². The molecule has 1 rings (SSSR count). The Morgan fingerprint density at radius 1 is 1.77 bits per heavy atom. The molecule has 0 spiro atoms. The lowest BCUT2D eigenvalue weighted by atomic mass is 10.1. The number of azide groups is 1. The normalized spacial score (nSPS) is 22.2. The molecule has 1 aliphatic heterocycles. The highest BCUT2D eigenvalue weighted by Gasteiger charge is 2.30. The van der Waals surface area contributed by atoms with E-state index in [9.17, 15) is 4.79 Å². The number of hydrogen-bond donors (Lipinski definition) is 0. The number of likely N-dealkylation sites (tertiary alicyclic amines) is 1. The van der Waals surface area contributed by atoms with Crippen LogP contribution in [0.5, 0.6) is 0 Å². The van der Waals surface area contributed by atoms with E-state index >= 15 is 0 Å². The molecule has 0 aromatic rings. The second kappa shape index (κ2) is 4.14. The Hall–Kier alpha value is -1.22. The predicted molar refractivity (Wildman–Crippen MR) is 49.0 cm³/mol. The Balaban J connectivity index is 2.49. The van der Waals surface area contributed by atoms with Gasteiger partial charge in [-0.3, -0.25) is 4.79 Å². The minimum Gasteiger partial charge on any atom is -0.340 e. The highest BCUT2D eigenvalue weighted by molar-refractivity contribution is 5.78. The molecule has 0 aromatic heterocycles. The number of carbonyl (C=O) groups is 1. The Morgan fingerprint density at radius 2 is 2.46 bits per heavy atom. The van der Waals surface area contributed by atoms with Crippen LogP contribution in [0.3, 0.4) is 0 Å². The van der Waals surface area contributed by atoms with Gasteiger partial charge in [-0.25, -0.2) is 0 Å². The van der Waals surface area contributed by atoms with Gasteiger partial charge in [-0.15, -0.1) is 0 Å². The molecule has 1 saturated heterocycles. The zero-order valence-electron chi connectivity index (χ0n) is 7.97. The van der Waals surface area contributed by atoms with E-state index in [1.165, 1.54) is 0 Å². The maximum absolute atomic E-state index is 11.4. The first-order chi connectivity index (χ1) is 6.15. The Morgan fingerprint density at radius 3 is 2.92 bits per heavy atom. The second-order valence-electron chi connectivity index (χ2n) is 3.62. The fraction of sp³-hybridized carbons (Fsp3) is 0.875. The minimum atomic E-state index is 0.174. The quantitative estimate of drug-likeness (QED) is 0.371. The van der Waals surface area contributed by atoms with Gasteiger partial charge in [0.05, 0.1) is 0 Å². The molecule has 1 unspecified atom stereocenters. The molecule has 13 heavy (non-hydrogen) atoms. The van der Waals surface area contributed by atoms with Crippen LogP contribution in [0.25, 0.3) is 10.4 Å². The molecule has 0 N–H and O–H groups in total. The highest BCUT2D eigenvalue weighted by Crippen LogP contribution is 2.20. The van der Waals surface area contributed by atoms with Crippen molar-refractivity contribution < 1.29 is 4.79 Å². The fourth-order valence-electron chi connectivity index (χ4n) is 1.58. The molecular weight excluding hydrogens is 168 g/mol. The van der Waals surface area contributed by atoms with Gasteiger partial charge in [-0.1, -0.05) is 5.11 Å². The van der Waals surface area contributed by atoms with Gasteiger partial charge in [0.1, 0.15) is 0 Å². The van der Waals surface area contributed by atoms with Crippen molar-refractivity contribution in [3.05, 3.63) is 10.4 Å². The first kappa shape index (κ1) is 9.86. The Kier molecular flexibility index (Phi) is 3.14. The second-order valence-corrected chi connectivity index (χ2v) is 3.62. The van der Waals surface area contributed by atoms with Crippen LogP contribution in [-0.4, -0.2) is 29.9 Å². The lowest BCUT2D eigenvalue weighted by Gasteiger charge is -2.20. The molecule has 72 valence electrons. The predicted octanol–water partition coefficient (Wildman–Crippen LogP) is 1.55. The molecule has 0 aromatic carbocycles. The molecular formula is C8H14N4O. The zero-order valence-corrected chi connectivity index (χ0v) is 7.97. The summed E-state index contributed by atoms with van der Waals surface area (Å²) in [7, 11) is 0. The fourth-order valence-corrected chi connectivity index (χ4v) is 1.58. The van der Waals surface area contributed by atoms with Gasteiger partial charge in [0.15, 0.2) is 0 Å². The minimum absolute atomic E-state index is 0.174. The van der Waals surface area contributed by atoms with E-state index in [2.05, 4.69) is 10.0 Å². The SMILES string of the molecule is CC(C)N1CC(CN=[N+]=[N-])CC1=O. The van der Waals surface area contributed by atoms with Crippen LogP contribution in [0, 0.1) is 5.92 Å². The zero-order chi connectivity index (χ0) is 9.84. The molecule has 1 atom stereocenters. The monoisotopic (exact) mass is 182 g/mol. The summed E-state index contributed by atoms with van der Waals surface area (Å²) in [4.78, 5) is 15.9. The number of carbonyl (C=O) groups excluding carboxylic acids is 1. The van der Waals surface area contributed by atoms with Crippen LogP contribution >= 0.6 is 0 Å². The molecule has 1 aliphatic rings. The summed E-state index contributed by atoms with van der Waals surface area (Å²) < 4.78 is 0. The Labute approximate surface area is 77.3 Å². The standard InChI is InChI=1S/C8H14N4O/c1-6(2)12-5-7(3-8(12)13)4-10-11-9/h6-7H,3-5H2,1-2H3. The van der Waals surface area contributed by atoms with Crippen LogP contribution in [0.4, 0.5) is 0 Å². The topological polar surface area (TPSA) is 69.1 Å². The number of amides is 1. The van der Waals surface area contributed by atoms with Crippen molar-refractivity contribution >= 4 is 5.91 Å². The van der Waals surface area contributed by atoms with Crippen LogP contribution in [0.1, 0.15) is 20.3 Å². The summed E-state index contributed by atoms with van der Waals surface area (Å²) in [5.74, 6) is 0.388. The molecule has 1 amide bonds. The van der Waals surface area contributed by atoms with Crippen molar-refractivity contribution in [3.8, 4) is 0 Å². The van der Waals surface area contributed by atoms with Crippen LogP contribution < -0.4 is 0 Å². The molecule has 5 heteroatoms. The molecule has 5 nitrogen and oxygen atoms in total. The molecule has 0 saturated carbocycles. The summed E-state index contributed by atoms with van der Waals surface area (Å²) in [5, 5.41) is 3.48. The third-order valence-corrected chi connectivity index (χ3v) is 2.26. The van der Waals surface area contributed by atoms with Crippen molar-refractivity contribution in [1.29, 1.82) is 0 Å². The van der Waals surface area contributed by atoms with Gasteiger partial charge in [0.2, 0.25) is 5.91 Å². The van der Waals surface area contributed by atoms with Gasteiger partial charge < -0.3 is 4.90 Å². The first-order valence-electron chi connectivity index (χ1n) is 4.45. The molecule has 1 heterocycles. The van der Waals surface area contributed by atoms with Crippen LogP contribution in [0.2, 0.25) is 0 Å². The van der Waals surface area contributed by atoms with E-state index in [-0.39, 0.29) is 17.9 Å². The van der Waals surface area contributed by atoms with E-state index in [0.717, 1.165) is 6.54 Å². The third-order valence-electron chi connectivity index (χ3n) is 2.26. The van der Waals surface area contributed by atoms with Crippen molar-refractivity contribution in [1.82, 2.24) is 4.90 Å². The summed E-state index contributed by atoms with van der Waals surface area (Å²) >= 11 is 0. The van der Waals surface area contributed by atoms with Gasteiger partial charge in [-0.2, -0.15) is 0 Å². The number of rotatable bonds is 3. The molecule has 1 fully saturated rings. The van der Waals surface area contributed by atoms with Crippen LogP contribution in [-0.2, 0) is 4.79 Å². The lowest BCUT2D eigenvalue weighted by Crippen LogP contribution is -2.32. The number of hydrogen-bond acceptors (Lipinski definition) is 2. The van der Waals surface area contributed by atoms with Gasteiger partial charge in [0, 0.05) is 30.5 Å². The molecule has 0 radical (unpaired) electrons. The summed E-state index contributed by atoms with van der Waals surface area (Å²) in [6.45, 7) is 5.16. The number of nitrogens with zero attached hydrogens (tertiary/aromatic N) is 4. The summed E-state index contributed by atoms with van der Waals surface area (Å²) in [6, 6.07) is 0.253. The Bertz CT molecular complexity index is 245. The van der Waals surface area contributed by atoms with Crippen molar-refractivity contribution in [2.75, 3.05) is 13.1 Å². The van der Waals surface area contributed by atoms with E-state index in [0.29, 0.717) is 13.0 Å². The van der Waals surface area contributed by atoms with Gasteiger partial charge in [-0.05, 0) is 25.3 Å². The summed E-state index contributed by atoms with van der Waals surface area (Å²) in [5.41, 5.74) is 8.13. The van der Waals surface area contributed by atoms with E-state index in [1.54, 1.807) is 0 Å². The lowest BCUT2D eigenvalue weighted by molar-refractivity contribution is -0.129. The molecule has 0 bridgehead atoms. The average Bonchev–Trinajstić information content (AvgIpc) is 2.43. The van der Waals surface area contributed by atoms with E-state index in [4.69, 9.17) is 5.53 Å². The van der Waals surface area contributed by atoms with Gasteiger partial charge >= 0.3 is 0 Å². The van der Waals surface area contributed by atoms with E-state index in [1.807, 2.05) is 18.7 Å². The van der Waals surface area contributed by atoms with Crippen molar-refractivity contribution in [3.63, 3.8) is 0 Å².